The van der Waals surface area contributed by atoms with Crippen LogP contribution in [0.2, 0.25) is 0 Å². The number of carboxylic acids is 1. The Morgan fingerprint density at radius 1 is 0.273 bits per heavy atom. The first-order valence-electron chi connectivity index (χ1n) is 43.1. The minimum Gasteiger partial charge on any atom is -0.507 e. The van der Waals surface area contributed by atoms with Gasteiger partial charge in [-0.1, -0.05) is 24.3 Å². The number of nitrogens with one attached hydrogen (secondary N) is 9. The van der Waals surface area contributed by atoms with E-state index in [1.54, 1.807) is 132 Å². The Bertz CT molecular complexity index is 6490. The van der Waals surface area contributed by atoms with Crippen molar-refractivity contribution in [3.63, 3.8) is 0 Å². The van der Waals surface area contributed by atoms with Gasteiger partial charge in [-0.2, -0.15) is 0 Å². The molecule has 0 bridgehead atoms. The Hall–Kier alpha value is -17.9. The molecule has 8 amide bonds. The van der Waals surface area contributed by atoms with Crippen LogP contribution in [0.25, 0.3) is 0 Å². The maximum Gasteiger partial charge on any atom is 0.338 e. The molecule has 2 heterocycles. The van der Waals surface area contributed by atoms with Gasteiger partial charge in [0.05, 0.1) is 116 Å². The molecule has 0 atom stereocenters. The predicted octanol–water partition coefficient (Wildman–Crippen LogP) is 18.0. The number of aromatic amines is 1. The summed E-state index contributed by atoms with van der Waals surface area (Å²) in [7, 11) is 0. The third-order valence-electron chi connectivity index (χ3n) is 18.5. The van der Waals surface area contributed by atoms with E-state index in [1.165, 1.54) is 176 Å². The molecule has 139 heavy (non-hydrogen) atoms. The van der Waals surface area contributed by atoms with Crippen molar-refractivity contribution in [3.05, 3.63) is 298 Å². The van der Waals surface area contributed by atoms with E-state index in [4.69, 9.17) is 33.2 Å². The number of amides is 8. The quantitative estimate of drug-likeness (QED) is 0.0142. The lowest BCUT2D eigenvalue weighted by Gasteiger charge is -2.17. The Labute approximate surface area is 797 Å². The van der Waals surface area contributed by atoms with Gasteiger partial charge in [0, 0.05) is 59.4 Å². The van der Waals surface area contributed by atoms with Gasteiger partial charge in [-0.3, -0.25) is 43.3 Å². The number of hydrogen-bond acceptors (Lipinski definition) is 27. The Morgan fingerprint density at radius 2 is 0.576 bits per heavy atom. The molecule has 10 aromatic carbocycles. The summed E-state index contributed by atoms with van der Waals surface area (Å²) in [5, 5.41) is 101. The summed E-state index contributed by atoms with van der Waals surface area (Å²) in [5.41, 5.74) is 3.03. The number of phenols is 7. The molecule has 2 aromatic heterocycles. The molecule has 724 valence electrons. The van der Waals surface area contributed by atoms with Crippen LogP contribution in [0.5, 0.6) is 63.2 Å². The van der Waals surface area contributed by atoms with E-state index < -0.39 is 88.4 Å². The fraction of sp³-hybridized carbons (Fsp3) is 0.206. The molecule has 0 aliphatic heterocycles. The number of aromatic carboxylic acids is 1. The van der Waals surface area contributed by atoms with Crippen molar-refractivity contribution in [1.82, 2.24) is 9.97 Å². The van der Waals surface area contributed by atoms with E-state index in [2.05, 4.69) is 52.5 Å². The molecular weight excluding hydrogens is 1800 g/mol. The highest BCUT2D eigenvalue weighted by Crippen LogP contribution is 2.37. The number of para-hydroxylation sites is 1. The number of aromatic hydroxyl groups is 7. The Morgan fingerprint density at radius 3 is 0.885 bits per heavy atom. The zero-order valence-electron chi connectivity index (χ0n) is 77.8. The van der Waals surface area contributed by atoms with Crippen molar-refractivity contribution < 1.29 is 132 Å². The standard InChI is InChI=1S/C27H28N2O8.C27H28N2O7.C26H27N3O6.C22H21N3O6/c1-14(2)36-23-12-16(27(35)37-15(3)4)8-11-19(23)29-25(33)18-10-9-17(13-22(18)32)28-26(34)24-20(30)6-5-7-21(24)31;1-15(2)35-24-13-17(27(34)36-16(3)4)9-12-21(24)29-26(33)20-11-10-18(14-23(20)31)28-25(32)19-7-5-6-8-22(19)30;1-15(2)34-23-13-17(26(33)35-16(3)4)8-11-20(23)29-24(31)19-10-9-18(14-22(19)30)28-25(32)21-7-5-6-12-27-21;1-12(2)31-19-10-13(22(29)30)5-8-16(19)25-20(27)15-7-6-14(11-18(15)26)24-21(28)17-4-3-9-23-17/h5-15,30-32H,1-4H3,(H,28,34)(H,29,33);5-16,30-31H,1-4H3,(H,28,32)(H,29,33);5-16,30H,1-4H3,(H,28,32)(H,29,31);3-12,23,26H,1-2H3,(H,24,28)(H,25,27)(H,29,30). The summed E-state index contributed by atoms with van der Waals surface area (Å²) >= 11 is 0. The van der Waals surface area contributed by atoms with E-state index in [1.807, 2.05) is 13.8 Å². The molecule has 0 aliphatic carbocycles. The number of anilines is 8. The number of ether oxygens (including phenoxy) is 7. The van der Waals surface area contributed by atoms with Gasteiger partial charge in [0.1, 0.15) is 80.2 Å². The van der Waals surface area contributed by atoms with Crippen LogP contribution < -0.4 is 61.5 Å². The van der Waals surface area contributed by atoms with E-state index in [0.717, 1.165) is 6.07 Å². The van der Waals surface area contributed by atoms with Crippen molar-refractivity contribution in [1.29, 1.82) is 0 Å². The molecule has 37 nitrogen and oxygen atoms in total. The average molecular weight is 1900 g/mol. The molecule has 0 fully saturated rings. The van der Waals surface area contributed by atoms with E-state index in [9.17, 15) is 98.4 Å². The van der Waals surface area contributed by atoms with Crippen LogP contribution in [-0.4, -0.2) is 165 Å². The summed E-state index contributed by atoms with van der Waals surface area (Å²) in [6.45, 7) is 24.8. The molecule has 12 rings (SSSR count). The number of H-pyrrole nitrogens is 1. The Kier molecular flexibility index (Phi) is 36.7. The summed E-state index contributed by atoms with van der Waals surface area (Å²) in [4.78, 5) is 155. The van der Waals surface area contributed by atoms with Crippen molar-refractivity contribution in [3.8, 4) is 63.2 Å². The predicted molar refractivity (Wildman–Crippen MR) is 516 cm³/mol. The van der Waals surface area contributed by atoms with Gasteiger partial charge in [-0.05, 0) is 267 Å². The molecule has 0 unspecified atom stereocenters. The minimum absolute atomic E-state index is 0.0126. The number of nitrogens with zero attached hydrogens (tertiary/aromatic N) is 1. The van der Waals surface area contributed by atoms with Gasteiger partial charge in [0.25, 0.3) is 47.3 Å². The first-order chi connectivity index (χ1) is 65.9. The van der Waals surface area contributed by atoms with Crippen LogP contribution in [0.15, 0.2) is 231 Å². The number of carboxylic acid groups (broad SMARTS) is 1. The van der Waals surface area contributed by atoms with Gasteiger partial charge in [-0.25, -0.2) is 19.2 Å². The second-order valence-electron chi connectivity index (χ2n) is 32.2. The molecule has 12 aromatic rings. The maximum atomic E-state index is 12.9. The molecule has 37 heteroatoms. The highest BCUT2D eigenvalue weighted by atomic mass is 16.6. The fourth-order valence-corrected chi connectivity index (χ4v) is 12.4. The number of hydrogen-bond donors (Lipinski definition) is 17. The number of esters is 3. The van der Waals surface area contributed by atoms with E-state index >= 15 is 0 Å². The zero-order chi connectivity index (χ0) is 102. The maximum absolute atomic E-state index is 12.9. The van der Waals surface area contributed by atoms with Crippen LogP contribution in [0.3, 0.4) is 0 Å². The zero-order valence-corrected chi connectivity index (χ0v) is 77.8. The number of carbonyl (C=O) groups excluding carboxylic acids is 11. The molecular formula is C102H104N10O27. The summed E-state index contributed by atoms with van der Waals surface area (Å²) in [5.74, 6) is -8.93. The third-order valence-corrected chi connectivity index (χ3v) is 18.5. The van der Waals surface area contributed by atoms with E-state index in [0.29, 0.717) is 28.4 Å². The molecule has 0 saturated heterocycles. The number of aromatic nitrogens is 2. The molecule has 17 N–H and O–H groups in total. The number of rotatable bonds is 31. The van der Waals surface area contributed by atoms with Crippen molar-refractivity contribution in [2.75, 3.05) is 42.5 Å². The fourth-order valence-electron chi connectivity index (χ4n) is 12.4. The molecule has 0 spiro atoms. The van der Waals surface area contributed by atoms with Crippen molar-refractivity contribution in [2.45, 2.75) is 140 Å². The Balaban J connectivity index is 0.000000208. The SMILES string of the molecule is CC(C)OC(=O)c1ccc(NC(=O)c2ccc(NC(=O)c3c(O)cccc3O)cc2O)c(OC(C)C)c1.CC(C)OC(=O)c1ccc(NC(=O)c2ccc(NC(=O)c3ccccc3O)cc2O)c(OC(C)C)c1.CC(C)OC(=O)c1ccc(NC(=O)c2ccc(NC(=O)c3ccccn3)cc2O)c(OC(C)C)c1.CC(C)Oc1cc(C(=O)O)ccc1NC(=O)c1ccc(NC(=O)c2ccc[nH]2)cc1O. The number of carbonyl (C=O) groups is 12. The number of pyridine rings is 1. The summed E-state index contributed by atoms with van der Waals surface area (Å²) in [6, 6.07) is 51.8. The van der Waals surface area contributed by atoms with E-state index in [-0.39, 0.29) is 173 Å². The largest absolute Gasteiger partial charge is 0.507 e. The van der Waals surface area contributed by atoms with Gasteiger partial charge < -0.3 is 122 Å². The lowest BCUT2D eigenvalue weighted by molar-refractivity contribution is 0.0366. The average Bonchev–Trinajstić information content (AvgIpc) is 1.47. The van der Waals surface area contributed by atoms with Gasteiger partial charge >= 0.3 is 23.9 Å². The third kappa shape index (κ3) is 30.6. The second kappa shape index (κ2) is 48.6. The topological polar surface area (TPSA) is 556 Å². The smallest absolute Gasteiger partial charge is 0.338 e. The van der Waals surface area contributed by atoms with Gasteiger partial charge in [0.15, 0.2) is 0 Å². The highest BCUT2D eigenvalue weighted by Gasteiger charge is 2.27. The van der Waals surface area contributed by atoms with Gasteiger partial charge in [0.2, 0.25) is 0 Å². The highest BCUT2D eigenvalue weighted by molar-refractivity contribution is 6.13. The first-order valence-corrected chi connectivity index (χ1v) is 43.1. The molecule has 0 radical (unpaired) electrons. The molecule has 0 aliphatic rings. The summed E-state index contributed by atoms with van der Waals surface area (Å²) < 4.78 is 38.6. The monoisotopic (exact) mass is 1900 g/mol. The molecule has 0 saturated carbocycles. The van der Waals surface area contributed by atoms with Crippen molar-refractivity contribution >= 4 is 117 Å². The van der Waals surface area contributed by atoms with Crippen molar-refractivity contribution in [2.24, 2.45) is 0 Å². The first kappa shape index (κ1) is 105. The normalized spacial score (nSPS) is 10.7. The van der Waals surface area contributed by atoms with Crippen LogP contribution in [0.1, 0.15) is 221 Å². The van der Waals surface area contributed by atoms with Crippen LogP contribution >= 0.6 is 0 Å². The lowest BCUT2D eigenvalue weighted by Crippen LogP contribution is -2.17. The number of phenolic OH excluding ortho intramolecular Hbond substituents is 7. The van der Waals surface area contributed by atoms with Crippen LogP contribution in [-0.2, 0) is 14.2 Å². The van der Waals surface area contributed by atoms with Crippen LogP contribution in [0.4, 0.5) is 45.5 Å². The summed E-state index contributed by atoms with van der Waals surface area (Å²) in [6.07, 6.45) is 1.26. The minimum atomic E-state index is -1.12. The van der Waals surface area contributed by atoms with Gasteiger partial charge in [-0.15, -0.1) is 0 Å². The lowest BCUT2D eigenvalue weighted by atomic mass is 10.1. The second-order valence-corrected chi connectivity index (χ2v) is 32.2. The number of benzene rings is 10. The van der Waals surface area contributed by atoms with Crippen LogP contribution in [0, 0.1) is 0 Å².